The molecule has 0 spiro atoms. The van der Waals surface area contributed by atoms with Gasteiger partial charge in [-0.3, -0.25) is 0 Å². The zero-order valence-corrected chi connectivity index (χ0v) is 8.89. The van der Waals surface area contributed by atoms with Crippen LogP contribution in [-0.2, 0) is 0 Å². The second kappa shape index (κ2) is 3.61. The summed E-state index contributed by atoms with van der Waals surface area (Å²) < 4.78 is 0. The van der Waals surface area contributed by atoms with E-state index in [1.54, 1.807) is 0 Å². The lowest BCUT2D eigenvalue weighted by molar-refractivity contribution is 0.0400. The summed E-state index contributed by atoms with van der Waals surface area (Å²) in [6.45, 7) is 3.34. The van der Waals surface area contributed by atoms with Gasteiger partial charge in [-0.1, -0.05) is 19.8 Å². The molecule has 0 saturated heterocycles. The van der Waals surface area contributed by atoms with Gasteiger partial charge in [0.05, 0.1) is 0 Å². The van der Waals surface area contributed by atoms with Crippen LogP contribution in [0, 0.1) is 17.3 Å². The van der Waals surface area contributed by atoms with E-state index in [4.69, 9.17) is 5.73 Å². The van der Waals surface area contributed by atoms with E-state index in [-0.39, 0.29) is 0 Å². The Morgan fingerprint density at radius 3 is 3.00 bits per heavy atom. The zero-order valence-electron chi connectivity index (χ0n) is 8.89. The van der Waals surface area contributed by atoms with Crippen LogP contribution in [0.5, 0.6) is 0 Å². The Morgan fingerprint density at radius 1 is 1.38 bits per heavy atom. The lowest BCUT2D eigenvalue weighted by atomic mass is 9.58. The molecule has 13 heavy (non-hydrogen) atoms. The molecule has 3 unspecified atom stereocenters. The maximum absolute atomic E-state index is 5.74. The molecule has 2 saturated carbocycles. The zero-order chi connectivity index (χ0) is 9.31. The molecule has 2 aliphatic rings. The highest BCUT2D eigenvalue weighted by Crippen LogP contribution is 2.52. The van der Waals surface area contributed by atoms with Crippen molar-refractivity contribution in [2.45, 2.75) is 51.9 Å². The first-order valence-corrected chi connectivity index (χ1v) is 5.94. The molecule has 0 aromatic carbocycles. The van der Waals surface area contributed by atoms with Gasteiger partial charge in [0.15, 0.2) is 0 Å². The third-order valence-corrected chi connectivity index (χ3v) is 4.23. The fraction of sp³-hybridized carbons (Fsp3) is 1.00. The third kappa shape index (κ3) is 1.90. The molecule has 0 aromatic rings. The molecule has 2 N–H and O–H groups in total. The second-order valence-corrected chi connectivity index (χ2v) is 5.55. The molecule has 76 valence electrons. The van der Waals surface area contributed by atoms with E-state index >= 15 is 0 Å². The Morgan fingerprint density at radius 2 is 2.23 bits per heavy atom. The van der Waals surface area contributed by atoms with E-state index in [0.29, 0.717) is 5.41 Å². The first-order valence-electron chi connectivity index (χ1n) is 5.94. The highest BCUT2D eigenvalue weighted by atomic mass is 14.6. The molecule has 2 fully saturated rings. The number of nitrogens with two attached hydrogens (primary N) is 1. The maximum atomic E-state index is 5.74. The fourth-order valence-electron chi connectivity index (χ4n) is 4.00. The van der Waals surface area contributed by atoms with Gasteiger partial charge in [0.1, 0.15) is 0 Å². The van der Waals surface area contributed by atoms with Gasteiger partial charge in [-0.05, 0) is 55.9 Å². The van der Waals surface area contributed by atoms with Crippen molar-refractivity contribution in [3.05, 3.63) is 0 Å². The van der Waals surface area contributed by atoms with Crippen LogP contribution >= 0.6 is 0 Å². The lowest BCUT2D eigenvalue weighted by Gasteiger charge is -2.48. The number of hydrogen-bond acceptors (Lipinski definition) is 1. The Labute approximate surface area is 82.1 Å². The van der Waals surface area contributed by atoms with Gasteiger partial charge in [0.2, 0.25) is 0 Å². The van der Waals surface area contributed by atoms with Crippen LogP contribution in [0.1, 0.15) is 51.9 Å². The summed E-state index contributed by atoms with van der Waals surface area (Å²) in [5.41, 5.74) is 6.41. The minimum atomic E-state index is 0.676. The van der Waals surface area contributed by atoms with Crippen molar-refractivity contribution >= 4 is 0 Å². The highest BCUT2D eigenvalue weighted by molar-refractivity contribution is 4.92. The Bertz CT molecular complexity index is 170. The Balaban J connectivity index is 2.06. The summed E-state index contributed by atoms with van der Waals surface area (Å²) in [6, 6.07) is 0. The van der Waals surface area contributed by atoms with E-state index in [0.717, 1.165) is 18.4 Å². The van der Waals surface area contributed by atoms with E-state index in [1.165, 1.54) is 44.9 Å². The summed E-state index contributed by atoms with van der Waals surface area (Å²) >= 11 is 0. The van der Waals surface area contributed by atoms with Gasteiger partial charge in [0.25, 0.3) is 0 Å². The summed E-state index contributed by atoms with van der Waals surface area (Å²) in [4.78, 5) is 0. The van der Waals surface area contributed by atoms with Crippen LogP contribution in [0.3, 0.4) is 0 Å². The number of fused-ring (bicyclic) bond motifs is 2. The van der Waals surface area contributed by atoms with Gasteiger partial charge in [-0.15, -0.1) is 0 Å². The fourth-order valence-corrected chi connectivity index (χ4v) is 4.00. The summed E-state index contributed by atoms with van der Waals surface area (Å²) in [7, 11) is 0. The molecular formula is C12H23N. The first-order chi connectivity index (χ1) is 6.24. The van der Waals surface area contributed by atoms with Crippen LogP contribution < -0.4 is 5.73 Å². The van der Waals surface area contributed by atoms with Crippen LogP contribution in [-0.4, -0.2) is 6.54 Å². The van der Waals surface area contributed by atoms with E-state index in [9.17, 15) is 0 Å². The monoisotopic (exact) mass is 181 g/mol. The van der Waals surface area contributed by atoms with Gasteiger partial charge >= 0.3 is 0 Å². The average molecular weight is 181 g/mol. The quantitative estimate of drug-likeness (QED) is 0.696. The summed E-state index contributed by atoms with van der Waals surface area (Å²) in [5, 5.41) is 0. The Hall–Kier alpha value is -0.0400. The van der Waals surface area contributed by atoms with E-state index < -0.39 is 0 Å². The molecule has 2 bridgehead atoms. The van der Waals surface area contributed by atoms with Crippen LogP contribution in [0.25, 0.3) is 0 Å². The predicted octanol–water partition coefficient (Wildman–Crippen LogP) is 2.94. The van der Waals surface area contributed by atoms with Crippen molar-refractivity contribution in [3.63, 3.8) is 0 Å². The minimum Gasteiger partial charge on any atom is -0.330 e. The molecule has 0 aliphatic heterocycles. The predicted molar refractivity (Wildman–Crippen MR) is 56.5 cm³/mol. The van der Waals surface area contributed by atoms with Gasteiger partial charge in [0, 0.05) is 0 Å². The molecule has 2 aliphatic carbocycles. The lowest BCUT2D eigenvalue weighted by Crippen LogP contribution is -2.37. The molecule has 0 radical (unpaired) electrons. The summed E-state index contributed by atoms with van der Waals surface area (Å²) in [5.74, 6) is 2.01. The van der Waals surface area contributed by atoms with Crippen molar-refractivity contribution in [3.8, 4) is 0 Å². The van der Waals surface area contributed by atoms with Crippen molar-refractivity contribution in [1.82, 2.24) is 0 Å². The van der Waals surface area contributed by atoms with Crippen molar-refractivity contribution in [2.75, 3.05) is 6.54 Å². The van der Waals surface area contributed by atoms with Crippen LogP contribution in [0.4, 0.5) is 0 Å². The van der Waals surface area contributed by atoms with Gasteiger partial charge in [-0.2, -0.15) is 0 Å². The normalized spacial score (nSPS) is 44.8. The van der Waals surface area contributed by atoms with Crippen LogP contribution in [0.15, 0.2) is 0 Å². The van der Waals surface area contributed by atoms with E-state index in [1.807, 2.05) is 0 Å². The molecule has 0 aromatic heterocycles. The molecule has 2 rings (SSSR count). The van der Waals surface area contributed by atoms with E-state index in [2.05, 4.69) is 6.92 Å². The molecule has 1 nitrogen and oxygen atoms in total. The third-order valence-electron chi connectivity index (χ3n) is 4.23. The Kier molecular flexibility index (Phi) is 2.64. The first kappa shape index (κ1) is 9.51. The van der Waals surface area contributed by atoms with Crippen molar-refractivity contribution < 1.29 is 0 Å². The van der Waals surface area contributed by atoms with Crippen LogP contribution in [0.2, 0.25) is 0 Å². The molecule has 0 heterocycles. The minimum absolute atomic E-state index is 0.676. The van der Waals surface area contributed by atoms with Gasteiger partial charge in [-0.25, -0.2) is 0 Å². The number of hydrogen-bond donors (Lipinski definition) is 1. The highest BCUT2D eigenvalue weighted by Gasteiger charge is 2.40. The molecule has 3 atom stereocenters. The topological polar surface area (TPSA) is 26.0 Å². The van der Waals surface area contributed by atoms with Gasteiger partial charge < -0.3 is 5.73 Å². The smallest absolute Gasteiger partial charge is 0.00720 e. The largest absolute Gasteiger partial charge is 0.330 e. The SMILES string of the molecule is CC1CC2CCCC(CCN)(C1)C2. The standard InChI is InChI=1S/C12H23N/c1-10-7-11-3-2-4-12(8-10,9-11)5-6-13/h10-11H,2-9,13H2,1H3. The maximum Gasteiger partial charge on any atom is -0.00720 e. The number of rotatable bonds is 2. The van der Waals surface area contributed by atoms with Crippen molar-refractivity contribution in [1.29, 1.82) is 0 Å². The second-order valence-electron chi connectivity index (χ2n) is 5.55. The molecule has 1 heteroatoms. The average Bonchev–Trinajstić information content (AvgIpc) is 2.02. The molecular weight excluding hydrogens is 158 g/mol. The van der Waals surface area contributed by atoms with Crippen molar-refractivity contribution in [2.24, 2.45) is 23.0 Å². The summed E-state index contributed by atoms with van der Waals surface area (Å²) in [6.07, 6.45) is 10.2. The molecule has 0 amide bonds.